The predicted molar refractivity (Wildman–Crippen MR) is 117 cm³/mol. The molecular weight excluding hydrogens is 428 g/mol. The second-order valence-corrected chi connectivity index (χ2v) is 7.31. The van der Waals surface area contributed by atoms with Crippen LogP contribution in [-0.4, -0.2) is 50.2 Å². The lowest BCUT2D eigenvalue weighted by atomic mass is 10.0. The number of aromatic nitrogens is 2. The Hall–Kier alpha value is -4.34. The van der Waals surface area contributed by atoms with Crippen molar-refractivity contribution in [3.05, 3.63) is 83.9 Å². The highest BCUT2D eigenvalue weighted by atomic mass is 16.5. The molecule has 0 aliphatic heterocycles. The largest absolute Gasteiger partial charge is 0.508 e. The van der Waals surface area contributed by atoms with Gasteiger partial charge in [-0.05, 0) is 23.3 Å². The molecular formula is C23H24N4O6. The van der Waals surface area contributed by atoms with Gasteiger partial charge in [-0.1, -0.05) is 42.5 Å². The van der Waals surface area contributed by atoms with E-state index in [9.17, 15) is 24.6 Å². The van der Waals surface area contributed by atoms with Gasteiger partial charge in [-0.25, -0.2) is 14.6 Å². The number of benzene rings is 2. The van der Waals surface area contributed by atoms with Gasteiger partial charge < -0.3 is 30.6 Å². The average Bonchev–Trinajstić information content (AvgIpc) is 3.32. The molecule has 10 heteroatoms. The monoisotopic (exact) mass is 452 g/mol. The van der Waals surface area contributed by atoms with Crippen LogP contribution in [0.3, 0.4) is 0 Å². The van der Waals surface area contributed by atoms with Gasteiger partial charge in [-0.3, -0.25) is 4.79 Å². The van der Waals surface area contributed by atoms with Crippen LogP contribution in [0, 0.1) is 0 Å². The molecule has 2 aromatic carbocycles. The van der Waals surface area contributed by atoms with Crippen LogP contribution in [-0.2, 0) is 33.8 Å². The Labute approximate surface area is 189 Å². The van der Waals surface area contributed by atoms with Crippen molar-refractivity contribution in [1.29, 1.82) is 0 Å². The summed E-state index contributed by atoms with van der Waals surface area (Å²) in [6, 6.07) is 12.7. The molecule has 0 saturated carbocycles. The number of rotatable bonds is 10. The minimum Gasteiger partial charge on any atom is -0.508 e. The number of alkyl carbamates (subject to hydrolysis) is 1. The normalized spacial score (nSPS) is 12.4. The Balaban J connectivity index is 1.66. The average molecular weight is 452 g/mol. The topological polar surface area (TPSA) is 154 Å². The van der Waals surface area contributed by atoms with Crippen molar-refractivity contribution in [2.75, 3.05) is 0 Å². The number of aromatic amines is 1. The zero-order chi connectivity index (χ0) is 23.6. The number of hydrogen-bond donors (Lipinski definition) is 5. The lowest BCUT2D eigenvalue weighted by molar-refractivity contribution is -0.142. The second-order valence-electron chi connectivity index (χ2n) is 7.31. The summed E-state index contributed by atoms with van der Waals surface area (Å²) in [5, 5.41) is 23.9. The lowest BCUT2D eigenvalue weighted by Gasteiger charge is -2.21. The van der Waals surface area contributed by atoms with Crippen LogP contribution in [0.1, 0.15) is 16.8 Å². The van der Waals surface area contributed by atoms with E-state index >= 15 is 0 Å². The van der Waals surface area contributed by atoms with E-state index in [0.29, 0.717) is 11.3 Å². The molecule has 10 nitrogen and oxygen atoms in total. The first-order valence-corrected chi connectivity index (χ1v) is 10.2. The number of amides is 2. The number of phenols is 1. The van der Waals surface area contributed by atoms with Crippen LogP contribution >= 0.6 is 0 Å². The quantitative estimate of drug-likeness (QED) is 0.314. The number of carboxylic acids is 1. The van der Waals surface area contributed by atoms with Gasteiger partial charge in [-0.15, -0.1) is 0 Å². The Bertz CT molecular complexity index is 1050. The van der Waals surface area contributed by atoms with Gasteiger partial charge in [0.05, 0.1) is 6.33 Å². The summed E-state index contributed by atoms with van der Waals surface area (Å²) < 4.78 is 5.19. The highest BCUT2D eigenvalue weighted by Crippen LogP contribution is 2.12. The lowest BCUT2D eigenvalue weighted by Crippen LogP contribution is -2.53. The molecule has 3 rings (SSSR count). The van der Waals surface area contributed by atoms with Crippen molar-refractivity contribution in [1.82, 2.24) is 20.6 Å². The number of aromatic hydroxyl groups is 1. The number of nitrogens with one attached hydrogen (secondary N) is 3. The third-order valence-corrected chi connectivity index (χ3v) is 4.79. The highest BCUT2D eigenvalue weighted by molar-refractivity contribution is 5.89. The van der Waals surface area contributed by atoms with Crippen LogP contribution in [0.4, 0.5) is 4.79 Å². The van der Waals surface area contributed by atoms with E-state index in [2.05, 4.69) is 20.6 Å². The molecule has 0 fully saturated rings. The van der Waals surface area contributed by atoms with Crippen LogP contribution in [0.15, 0.2) is 67.1 Å². The number of phenolic OH excluding ortho intramolecular Hbond substituents is 1. The Morgan fingerprint density at radius 3 is 2.30 bits per heavy atom. The number of imidazole rings is 1. The summed E-state index contributed by atoms with van der Waals surface area (Å²) >= 11 is 0. The fourth-order valence-electron chi connectivity index (χ4n) is 3.07. The van der Waals surface area contributed by atoms with Crippen molar-refractivity contribution >= 4 is 18.0 Å². The smallest absolute Gasteiger partial charge is 0.408 e. The standard InChI is InChI=1S/C23H24N4O6/c28-18-8-6-15(7-9-18)10-20(22(30)31)26-21(29)19(11-17-12-24-14-25-17)27-23(32)33-13-16-4-2-1-3-5-16/h1-9,12,14,19-20,28H,10-11,13H2,(H,24,25)(H,26,29)(H,27,32)(H,30,31)/t19-,20-/m0/s1. The van der Waals surface area contributed by atoms with Crippen molar-refractivity contribution < 1.29 is 29.3 Å². The summed E-state index contributed by atoms with van der Waals surface area (Å²) in [5.41, 5.74) is 1.96. The van der Waals surface area contributed by atoms with Crippen LogP contribution in [0.2, 0.25) is 0 Å². The molecule has 33 heavy (non-hydrogen) atoms. The van der Waals surface area contributed by atoms with E-state index in [1.54, 1.807) is 24.3 Å². The van der Waals surface area contributed by atoms with Gasteiger partial charge in [0, 0.05) is 24.7 Å². The van der Waals surface area contributed by atoms with Crippen LogP contribution in [0.5, 0.6) is 5.75 Å². The van der Waals surface area contributed by atoms with Gasteiger partial charge in [0.2, 0.25) is 5.91 Å². The first kappa shape index (κ1) is 23.3. The molecule has 1 heterocycles. The number of carbonyl (C=O) groups excluding carboxylic acids is 2. The molecule has 0 radical (unpaired) electrons. The molecule has 0 spiro atoms. The van der Waals surface area contributed by atoms with Gasteiger partial charge in [-0.2, -0.15) is 0 Å². The van der Waals surface area contributed by atoms with Gasteiger partial charge >= 0.3 is 12.1 Å². The maximum absolute atomic E-state index is 12.9. The van der Waals surface area contributed by atoms with E-state index in [1.165, 1.54) is 24.7 Å². The van der Waals surface area contributed by atoms with Gasteiger partial charge in [0.15, 0.2) is 0 Å². The number of aliphatic carboxylic acids is 1. The molecule has 3 aromatic rings. The van der Waals surface area contributed by atoms with E-state index < -0.39 is 30.1 Å². The number of nitrogens with zero attached hydrogens (tertiary/aromatic N) is 1. The third kappa shape index (κ3) is 7.39. The summed E-state index contributed by atoms with van der Waals surface area (Å²) in [7, 11) is 0. The molecule has 5 N–H and O–H groups in total. The summed E-state index contributed by atoms with van der Waals surface area (Å²) in [4.78, 5) is 43.7. The maximum Gasteiger partial charge on any atom is 0.408 e. The molecule has 0 unspecified atom stereocenters. The molecule has 0 aliphatic carbocycles. The fourth-order valence-corrected chi connectivity index (χ4v) is 3.07. The minimum atomic E-state index is -1.24. The van der Waals surface area contributed by atoms with E-state index in [-0.39, 0.29) is 25.2 Å². The van der Waals surface area contributed by atoms with Gasteiger partial charge in [0.25, 0.3) is 0 Å². The Morgan fingerprint density at radius 1 is 0.939 bits per heavy atom. The predicted octanol–water partition coefficient (Wildman–Crippen LogP) is 1.76. The third-order valence-electron chi connectivity index (χ3n) is 4.79. The van der Waals surface area contributed by atoms with Crippen molar-refractivity contribution in [2.45, 2.75) is 31.5 Å². The molecule has 0 saturated heterocycles. The first-order chi connectivity index (χ1) is 15.9. The van der Waals surface area contributed by atoms with Gasteiger partial charge in [0.1, 0.15) is 24.4 Å². The second kappa shape index (κ2) is 11.3. The fraction of sp³-hybridized carbons (Fsp3) is 0.217. The number of ether oxygens (including phenoxy) is 1. The number of carboxylic acid groups (broad SMARTS) is 1. The maximum atomic E-state index is 12.9. The molecule has 2 amide bonds. The van der Waals surface area contributed by atoms with Crippen molar-refractivity contribution in [2.24, 2.45) is 0 Å². The number of carbonyl (C=O) groups is 3. The number of H-pyrrole nitrogens is 1. The zero-order valence-corrected chi connectivity index (χ0v) is 17.6. The van der Waals surface area contributed by atoms with Crippen LogP contribution < -0.4 is 10.6 Å². The van der Waals surface area contributed by atoms with Crippen molar-refractivity contribution in [3.8, 4) is 5.75 Å². The molecule has 2 atom stereocenters. The zero-order valence-electron chi connectivity index (χ0n) is 17.6. The number of hydrogen-bond acceptors (Lipinski definition) is 6. The Kier molecular flexibility index (Phi) is 8.01. The highest BCUT2D eigenvalue weighted by Gasteiger charge is 2.28. The van der Waals surface area contributed by atoms with Crippen LogP contribution in [0.25, 0.3) is 0 Å². The molecule has 172 valence electrons. The molecule has 0 aliphatic rings. The minimum absolute atomic E-state index is 0.00339. The van der Waals surface area contributed by atoms with E-state index in [4.69, 9.17) is 4.74 Å². The van der Waals surface area contributed by atoms with Crippen molar-refractivity contribution in [3.63, 3.8) is 0 Å². The molecule has 0 bridgehead atoms. The van der Waals surface area contributed by atoms with E-state index in [0.717, 1.165) is 5.56 Å². The Morgan fingerprint density at radius 2 is 1.67 bits per heavy atom. The SMILES string of the molecule is O=C(N[C@@H](Cc1cnc[nH]1)C(=O)N[C@@H](Cc1ccc(O)cc1)C(=O)O)OCc1ccccc1. The van der Waals surface area contributed by atoms with E-state index in [1.807, 2.05) is 18.2 Å². The first-order valence-electron chi connectivity index (χ1n) is 10.2. The summed E-state index contributed by atoms with van der Waals surface area (Å²) in [5.74, 6) is -1.87. The summed E-state index contributed by atoms with van der Waals surface area (Å²) in [6.07, 6.45) is 2.17. The molecule has 1 aromatic heterocycles. The summed E-state index contributed by atoms with van der Waals surface area (Å²) in [6.45, 7) is 0.0175.